The molecule has 0 saturated heterocycles. The van der Waals surface area contributed by atoms with Crippen molar-refractivity contribution in [3.8, 4) is 0 Å². The molecule has 0 aromatic carbocycles. The number of allylic oxidation sites excluding steroid dienone is 19. The lowest BCUT2D eigenvalue weighted by Crippen LogP contribution is -2.45. The van der Waals surface area contributed by atoms with Crippen molar-refractivity contribution in [2.45, 2.75) is 309 Å². The van der Waals surface area contributed by atoms with E-state index >= 15 is 0 Å². The molecule has 3 atom stereocenters. The minimum atomic E-state index is -4.62. The summed E-state index contributed by atoms with van der Waals surface area (Å²) in [5, 5.41) is 13.9. The molecule has 9 heteroatoms. The van der Waals surface area contributed by atoms with Crippen molar-refractivity contribution in [1.29, 1.82) is 0 Å². The van der Waals surface area contributed by atoms with Gasteiger partial charge in [0.05, 0.1) is 39.9 Å². The quantitative estimate of drug-likeness (QED) is 0.0272. The third kappa shape index (κ3) is 66.4. The number of rotatable bonds is 63. The molecule has 0 aliphatic rings. The Labute approximate surface area is 520 Å². The molecule has 0 aliphatic heterocycles. The maximum absolute atomic E-state index is 13.0. The second kappa shape index (κ2) is 64.4. The van der Waals surface area contributed by atoms with Crippen LogP contribution in [-0.2, 0) is 18.4 Å². The Hall–Kier alpha value is -3.10. The zero-order chi connectivity index (χ0) is 61.2. The van der Waals surface area contributed by atoms with Gasteiger partial charge in [-0.25, -0.2) is 0 Å². The molecule has 0 bridgehead atoms. The molecule has 0 aliphatic carbocycles. The average Bonchev–Trinajstić information content (AvgIpc) is 3.56. The van der Waals surface area contributed by atoms with Gasteiger partial charge in [-0.3, -0.25) is 9.36 Å². The molecule has 2 N–H and O–H groups in total. The Bertz CT molecular complexity index is 1780. The van der Waals surface area contributed by atoms with Gasteiger partial charge in [-0.1, -0.05) is 315 Å². The van der Waals surface area contributed by atoms with E-state index in [0.717, 1.165) is 96.3 Å². The molecular weight excluding hydrogens is 1060 g/mol. The lowest BCUT2D eigenvalue weighted by atomic mass is 10.0. The highest BCUT2D eigenvalue weighted by atomic mass is 31.2. The number of nitrogens with one attached hydrogen (secondary N) is 1. The summed E-state index contributed by atoms with van der Waals surface area (Å²) in [5.74, 6) is -0.214. The highest BCUT2D eigenvalue weighted by molar-refractivity contribution is 7.45. The summed E-state index contributed by atoms with van der Waals surface area (Å²) in [4.78, 5) is 25.6. The van der Waals surface area contributed by atoms with Crippen LogP contribution < -0.4 is 10.2 Å². The SMILES string of the molecule is CC/C=C\C/C=C\C/C=C\C/C=C\C/C=C\C/C=C\C/C=C\C/C=C\CCCCCCCCCCCCC(=O)NC(COP(=O)([O-])OCC[N+](C)(C)C)C(O)/C=C/CC/C=C/CCCCCCCCCCCCCCCCCCCCCCC. The maximum atomic E-state index is 13.0. The van der Waals surface area contributed by atoms with Gasteiger partial charge in [-0.15, -0.1) is 0 Å². The van der Waals surface area contributed by atoms with Crippen LogP contribution in [0.4, 0.5) is 0 Å². The van der Waals surface area contributed by atoms with Crippen LogP contribution in [-0.4, -0.2) is 68.5 Å². The molecule has 0 heterocycles. The van der Waals surface area contributed by atoms with Crippen molar-refractivity contribution in [1.82, 2.24) is 5.32 Å². The van der Waals surface area contributed by atoms with E-state index in [1.165, 1.54) is 180 Å². The van der Waals surface area contributed by atoms with E-state index in [1.54, 1.807) is 6.08 Å². The van der Waals surface area contributed by atoms with Crippen molar-refractivity contribution in [3.63, 3.8) is 0 Å². The summed E-state index contributed by atoms with van der Waals surface area (Å²) >= 11 is 0. The van der Waals surface area contributed by atoms with Gasteiger partial charge in [0, 0.05) is 6.42 Å². The predicted molar refractivity (Wildman–Crippen MR) is 366 cm³/mol. The summed E-state index contributed by atoms with van der Waals surface area (Å²) in [6.07, 6.45) is 96.0. The van der Waals surface area contributed by atoms with Gasteiger partial charge >= 0.3 is 0 Å². The largest absolute Gasteiger partial charge is 0.756 e. The van der Waals surface area contributed by atoms with Crippen LogP contribution in [0, 0.1) is 0 Å². The monoisotopic (exact) mass is 1190 g/mol. The van der Waals surface area contributed by atoms with Crippen molar-refractivity contribution >= 4 is 13.7 Å². The molecule has 0 spiro atoms. The van der Waals surface area contributed by atoms with Crippen LogP contribution in [0.2, 0.25) is 0 Å². The molecule has 0 radical (unpaired) electrons. The molecular formula is C75H133N2O6P. The number of aliphatic hydroxyl groups excluding tert-OH is 1. The summed E-state index contributed by atoms with van der Waals surface area (Å²) in [7, 11) is 1.23. The Kier molecular flexibility index (Phi) is 62.0. The number of phosphoric acid groups is 1. The fourth-order valence-electron chi connectivity index (χ4n) is 9.78. The minimum absolute atomic E-state index is 0.0124. The minimum Gasteiger partial charge on any atom is -0.756 e. The van der Waals surface area contributed by atoms with Crippen molar-refractivity contribution in [3.05, 3.63) is 122 Å². The first kappa shape index (κ1) is 80.9. The van der Waals surface area contributed by atoms with Gasteiger partial charge < -0.3 is 28.8 Å². The molecule has 0 aromatic heterocycles. The number of hydrogen-bond acceptors (Lipinski definition) is 6. The van der Waals surface area contributed by atoms with E-state index < -0.39 is 26.6 Å². The summed E-state index contributed by atoms with van der Waals surface area (Å²) in [5.41, 5.74) is 0. The normalized spacial score (nSPS) is 14.4. The van der Waals surface area contributed by atoms with Crippen LogP contribution in [0.1, 0.15) is 296 Å². The molecule has 84 heavy (non-hydrogen) atoms. The number of likely N-dealkylation sites (N-methyl/N-ethyl adjacent to an activating group) is 1. The third-order valence-electron chi connectivity index (χ3n) is 15.2. The lowest BCUT2D eigenvalue weighted by molar-refractivity contribution is -0.870. The second-order valence-corrected chi connectivity index (χ2v) is 25.9. The molecule has 0 fully saturated rings. The number of quaternary nitrogens is 1. The first-order valence-corrected chi connectivity index (χ1v) is 36.4. The fraction of sp³-hybridized carbons (Fsp3) is 0.720. The Morgan fingerprint density at radius 2 is 0.738 bits per heavy atom. The molecule has 0 aromatic rings. The van der Waals surface area contributed by atoms with Crippen molar-refractivity contribution < 1.29 is 32.9 Å². The highest BCUT2D eigenvalue weighted by Crippen LogP contribution is 2.38. The highest BCUT2D eigenvalue weighted by Gasteiger charge is 2.23. The molecule has 0 saturated carbocycles. The summed E-state index contributed by atoms with van der Waals surface area (Å²) in [6.45, 7) is 4.53. The van der Waals surface area contributed by atoms with E-state index in [9.17, 15) is 19.4 Å². The van der Waals surface area contributed by atoms with Crippen LogP contribution in [0.25, 0.3) is 0 Å². The van der Waals surface area contributed by atoms with Gasteiger partial charge in [-0.2, -0.15) is 0 Å². The Morgan fingerprint density at radius 3 is 1.11 bits per heavy atom. The summed E-state index contributed by atoms with van der Waals surface area (Å²) < 4.78 is 23.4. The van der Waals surface area contributed by atoms with E-state index in [1.807, 2.05) is 27.2 Å². The van der Waals surface area contributed by atoms with Gasteiger partial charge in [0.25, 0.3) is 7.82 Å². The number of nitrogens with zero attached hydrogens (tertiary/aromatic N) is 1. The lowest BCUT2D eigenvalue weighted by Gasteiger charge is -2.29. The predicted octanol–water partition coefficient (Wildman–Crippen LogP) is 21.8. The van der Waals surface area contributed by atoms with Gasteiger partial charge in [0.15, 0.2) is 0 Å². The average molecular weight is 1190 g/mol. The maximum Gasteiger partial charge on any atom is 0.268 e. The standard InChI is InChI=1S/C75H133N2O6P/c1-6-8-10-12-14-16-18-20-22-24-26-28-30-32-34-35-36-37-38-39-40-41-43-45-47-49-51-53-55-57-59-61-63-65-67-69-75(79)76-73(72-83-84(80,81)82-71-70-77(3,4)5)74(78)68-66-64-62-60-58-56-54-52-50-48-46-44-42-33-31-29-27-25-23-21-19-17-15-13-11-9-7-2/h8,10,14,16,20,22,26,28,32,34,36-37,39-40,43,45,58,60,66,68,73-74,78H,6-7,9,11-13,15,17-19,21,23-25,27,29-31,33,35,38,41-42,44,46-57,59,61-65,67,69-72H2,1-5H3,(H-,76,79,80,81)/b10-8-,16-14-,22-20-,28-26-,34-32-,37-36-,40-39-,45-43-,60-58+,68-66+. The van der Waals surface area contributed by atoms with Gasteiger partial charge in [0.2, 0.25) is 5.91 Å². The van der Waals surface area contributed by atoms with Crippen molar-refractivity contribution in [2.75, 3.05) is 40.9 Å². The fourth-order valence-corrected chi connectivity index (χ4v) is 10.5. The van der Waals surface area contributed by atoms with Gasteiger partial charge in [-0.05, 0) is 96.3 Å². The first-order chi connectivity index (χ1) is 41.0. The van der Waals surface area contributed by atoms with Crippen LogP contribution in [0.5, 0.6) is 0 Å². The molecule has 484 valence electrons. The number of carbonyl (C=O) groups is 1. The zero-order valence-corrected chi connectivity index (χ0v) is 56.2. The van der Waals surface area contributed by atoms with E-state index in [0.29, 0.717) is 17.4 Å². The van der Waals surface area contributed by atoms with Crippen molar-refractivity contribution in [2.24, 2.45) is 0 Å². The number of phosphoric ester groups is 1. The number of hydrogen-bond donors (Lipinski definition) is 2. The molecule has 8 nitrogen and oxygen atoms in total. The van der Waals surface area contributed by atoms with Gasteiger partial charge in [0.1, 0.15) is 13.2 Å². The number of unbranched alkanes of at least 4 members (excludes halogenated alkanes) is 32. The van der Waals surface area contributed by atoms with E-state index in [-0.39, 0.29) is 12.5 Å². The molecule has 3 unspecified atom stereocenters. The van der Waals surface area contributed by atoms with Crippen LogP contribution in [0.15, 0.2) is 122 Å². The number of carbonyl (C=O) groups excluding carboxylic acids is 1. The second-order valence-electron chi connectivity index (χ2n) is 24.5. The molecule has 1 amide bonds. The number of amides is 1. The topological polar surface area (TPSA) is 108 Å². The summed E-state index contributed by atoms with van der Waals surface area (Å²) in [6, 6.07) is -0.916. The Morgan fingerprint density at radius 1 is 0.429 bits per heavy atom. The van der Waals surface area contributed by atoms with E-state index in [2.05, 4.69) is 129 Å². The molecule has 0 rings (SSSR count). The third-order valence-corrected chi connectivity index (χ3v) is 16.1. The van der Waals surface area contributed by atoms with Crippen LogP contribution >= 0.6 is 7.82 Å². The smallest absolute Gasteiger partial charge is 0.268 e. The zero-order valence-electron chi connectivity index (χ0n) is 55.3. The number of aliphatic hydroxyl groups is 1. The van der Waals surface area contributed by atoms with Crippen LogP contribution in [0.3, 0.4) is 0 Å². The van der Waals surface area contributed by atoms with E-state index in [4.69, 9.17) is 9.05 Å². The Balaban J connectivity index is 4.17. The first-order valence-electron chi connectivity index (χ1n) is 34.9.